The van der Waals surface area contributed by atoms with Gasteiger partial charge in [0.1, 0.15) is 0 Å². The van der Waals surface area contributed by atoms with Gasteiger partial charge in [-0.15, -0.1) is 0 Å². The molecule has 0 bridgehead atoms. The van der Waals surface area contributed by atoms with E-state index in [0.29, 0.717) is 0 Å². The second-order valence-corrected chi connectivity index (χ2v) is 5.02. The third-order valence-corrected chi connectivity index (χ3v) is 3.29. The van der Waals surface area contributed by atoms with Crippen LogP contribution in [0.2, 0.25) is 0 Å². The summed E-state index contributed by atoms with van der Waals surface area (Å²) in [5.41, 5.74) is 3.81. The van der Waals surface area contributed by atoms with E-state index in [1.54, 1.807) is 0 Å². The van der Waals surface area contributed by atoms with Crippen molar-refractivity contribution in [3.63, 3.8) is 0 Å². The second-order valence-electron chi connectivity index (χ2n) is 5.02. The maximum atomic E-state index is 4.25. The topological polar surface area (TPSA) is 28.2 Å². The van der Waals surface area contributed by atoms with E-state index in [-0.39, 0.29) is 0 Å². The minimum absolute atomic E-state index is 0.871. The number of hydrogen-bond acceptors (Lipinski definition) is 3. The molecule has 0 amide bonds. The van der Waals surface area contributed by atoms with Crippen molar-refractivity contribution in [1.29, 1.82) is 0 Å². The molecule has 106 valence electrons. The summed E-state index contributed by atoms with van der Waals surface area (Å²) >= 11 is 0. The van der Waals surface area contributed by atoms with Gasteiger partial charge in [-0.3, -0.25) is 4.98 Å². The third-order valence-electron chi connectivity index (χ3n) is 3.29. The van der Waals surface area contributed by atoms with E-state index in [4.69, 9.17) is 0 Å². The molecule has 1 aromatic carbocycles. The van der Waals surface area contributed by atoms with E-state index < -0.39 is 0 Å². The molecule has 0 atom stereocenters. The number of nitrogens with one attached hydrogen (secondary N) is 1. The molecule has 20 heavy (non-hydrogen) atoms. The zero-order valence-electron chi connectivity index (χ0n) is 12.3. The van der Waals surface area contributed by atoms with Gasteiger partial charge in [0.2, 0.25) is 0 Å². The Morgan fingerprint density at radius 3 is 2.70 bits per heavy atom. The van der Waals surface area contributed by atoms with Crippen LogP contribution in [0.4, 0.5) is 5.69 Å². The first kappa shape index (κ1) is 14.5. The van der Waals surface area contributed by atoms with Gasteiger partial charge in [0.05, 0.1) is 0 Å². The largest absolute Gasteiger partial charge is 0.370 e. The molecule has 0 radical (unpaired) electrons. The molecule has 0 unspecified atom stereocenters. The summed E-state index contributed by atoms with van der Waals surface area (Å²) in [6.07, 6.45) is 4.97. The first-order valence-electron chi connectivity index (χ1n) is 7.20. The van der Waals surface area contributed by atoms with Crippen LogP contribution < -0.4 is 10.2 Å². The maximum absolute atomic E-state index is 4.25. The molecule has 1 N–H and O–H groups in total. The van der Waals surface area contributed by atoms with Crippen molar-refractivity contribution in [3.8, 4) is 0 Å². The van der Waals surface area contributed by atoms with Gasteiger partial charge in [-0.2, -0.15) is 0 Å². The van der Waals surface area contributed by atoms with Crippen LogP contribution in [-0.4, -0.2) is 18.6 Å². The highest BCUT2D eigenvalue weighted by atomic mass is 15.1. The van der Waals surface area contributed by atoms with E-state index in [9.17, 15) is 0 Å². The van der Waals surface area contributed by atoms with Gasteiger partial charge >= 0.3 is 0 Å². The highest BCUT2D eigenvalue weighted by molar-refractivity contribution is 5.52. The highest BCUT2D eigenvalue weighted by Crippen LogP contribution is 2.19. The van der Waals surface area contributed by atoms with Crippen LogP contribution in [0, 0.1) is 0 Å². The summed E-state index contributed by atoms with van der Waals surface area (Å²) in [5, 5.41) is 3.44. The quantitative estimate of drug-likeness (QED) is 0.782. The van der Waals surface area contributed by atoms with Gasteiger partial charge in [0, 0.05) is 43.8 Å². The molecule has 2 rings (SSSR count). The molecule has 3 heteroatoms. The first-order valence-corrected chi connectivity index (χ1v) is 7.20. The fourth-order valence-corrected chi connectivity index (χ4v) is 2.27. The number of rotatable bonds is 7. The standard InChI is InChI=1S/C17H23N3/c1-3-10-18-12-16-13-19-11-9-17(16)20(2)14-15-7-5-4-6-8-15/h4-9,11,13,18H,3,10,12,14H2,1-2H3. The monoisotopic (exact) mass is 269 g/mol. The average molecular weight is 269 g/mol. The third kappa shape index (κ3) is 4.07. The lowest BCUT2D eigenvalue weighted by atomic mass is 10.1. The van der Waals surface area contributed by atoms with Crippen LogP contribution in [0.1, 0.15) is 24.5 Å². The molecule has 0 spiro atoms. The van der Waals surface area contributed by atoms with Crippen LogP contribution >= 0.6 is 0 Å². The Balaban J connectivity index is 2.07. The van der Waals surface area contributed by atoms with Crippen molar-refractivity contribution < 1.29 is 0 Å². The van der Waals surface area contributed by atoms with Crippen molar-refractivity contribution in [2.24, 2.45) is 0 Å². The fourth-order valence-electron chi connectivity index (χ4n) is 2.27. The van der Waals surface area contributed by atoms with Crippen LogP contribution in [-0.2, 0) is 13.1 Å². The van der Waals surface area contributed by atoms with E-state index in [1.807, 2.05) is 12.4 Å². The van der Waals surface area contributed by atoms with Gasteiger partial charge in [0.25, 0.3) is 0 Å². The molecular formula is C17H23N3. The predicted molar refractivity (Wildman–Crippen MR) is 84.8 cm³/mol. The van der Waals surface area contributed by atoms with E-state index in [0.717, 1.165) is 26.1 Å². The number of anilines is 1. The molecule has 1 heterocycles. The molecule has 0 aliphatic carbocycles. The molecule has 0 saturated heterocycles. The Morgan fingerprint density at radius 2 is 1.95 bits per heavy atom. The minimum Gasteiger partial charge on any atom is -0.370 e. The Labute approximate surface area is 121 Å². The summed E-state index contributed by atoms with van der Waals surface area (Å²) in [5.74, 6) is 0. The van der Waals surface area contributed by atoms with Crippen LogP contribution in [0.5, 0.6) is 0 Å². The minimum atomic E-state index is 0.871. The molecular weight excluding hydrogens is 246 g/mol. The molecule has 0 fully saturated rings. The zero-order chi connectivity index (χ0) is 14.2. The molecule has 0 saturated carbocycles. The average Bonchev–Trinajstić information content (AvgIpc) is 2.49. The van der Waals surface area contributed by atoms with Gasteiger partial charge in [-0.1, -0.05) is 37.3 Å². The fraction of sp³-hybridized carbons (Fsp3) is 0.353. The van der Waals surface area contributed by atoms with Gasteiger partial charge in [0.15, 0.2) is 0 Å². The summed E-state index contributed by atoms with van der Waals surface area (Å²) in [6.45, 7) is 5.00. The lowest BCUT2D eigenvalue weighted by molar-refractivity contribution is 0.672. The second kappa shape index (κ2) is 7.65. The summed E-state index contributed by atoms with van der Waals surface area (Å²) < 4.78 is 0. The van der Waals surface area contributed by atoms with Crippen LogP contribution in [0.15, 0.2) is 48.8 Å². The zero-order valence-corrected chi connectivity index (χ0v) is 12.3. The number of benzene rings is 1. The lowest BCUT2D eigenvalue weighted by Gasteiger charge is -2.22. The molecule has 1 aromatic heterocycles. The molecule has 3 nitrogen and oxygen atoms in total. The first-order chi connectivity index (χ1) is 9.81. The van der Waals surface area contributed by atoms with Crippen molar-refractivity contribution in [2.45, 2.75) is 26.4 Å². The van der Waals surface area contributed by atoms with Gasteiger partial charge in [-0.25, -0.2) is 0 Å². The van der Waals surface area contributed by atoms with Gasteiger partial charge in [-0.05, 0) is 24.6 Å². The summed E-state index contributed by atoms with van der Waals surface area (Å²) in [4.78, 5) is 6.52. The van der Waals surface area contributed by atoms with E-state index in [1.165, 1.54) is 16.8 Å². The summed E-state index contributed by atoms with van der Waals surface area (Å²) in [7, 11) is 2.13. The van der Waals surface area contributed by atoms with Crippen molar-refractivity contribution in [1.82, 2.24) is 10.3 Å². The Kier molecular flexibility index (Phi) is 5.56. The highest BCUT2D eigenvalue weighted by Gasteiger charge is 2.07. The number of nitrogens with zero attached hydrogens (tertiary/aromatic N) is 2. The number of hydrogen-bond donors (Lipinski definition) is 1. The number of aromatic nitrogens is 1. The SMILES string of the molecule is CCCNCc1cnccc1N(C)Cc1ccccc1. The van der Waals surface area contributed by atoms with Gasteiger partial charge < -0.3 is 10.2 Å². The van der Waals surface area contributed by atoms with Crippen molar-refractivity contribution >= 4 is 5.69 Å². The normalized spacial score (nSPS) is 10.5. The molecule has 0 aliphatic heterocycles. The smallest absolute Gasteiger partial charge is 0.0443 e. The molecule has 0 aliphatic rings. The van der Waals surface area contributed by atoms with Crippen molar-refractivity contribution in [2.75, 3.05) is 18.5 Å². The number of pyridine rings is 1. The predicted octanol–water partition coefficient (Wildman–Crippen LogP) is 3.22. The van der Waals surface area contributed by atoms with E-state index >= 15 is 0 Å². The van der Waals surface area contributed by atoms with E-state index in [2.05, 4.69) is 65.6 Å². The Hall–Kier alpha value is -1.87. The maximum Gasteiger partial charge on any atom is 0.0443 e. The Bertz CT molecular complexity index is 511. The van der Waals surface area contributed by atoms with Crippen LogP contribution in [0.3, 0.4) is 0 Å². The lowest BCUT2D eigenvalue weighted by Crippen LogP contribution is -2.21. The summed E-state index contributed by atoms with van der Waals surface area (Å²) in [6, 6.07) is 12.6. The molecule has 2 aromatic rings. The van der Waals surface area contributed by atoms with Crippen LogP contribution in [0.25, 0.3) is 0 Å². The Morgan fingerprint density at radius 1 is 1.15 bits per heavy atom. The van der Waals surface area contributed by atoms with Crippen molar-refractivity contribution in [3.05, 3.63) is 59.9 Å².